The molecule has 0 aliphatic rings. The summed E-state index contributed by atoms with van der Waals surface area (Å²) in [6, 6.07) is 8.01. The van der Waals surface area contributed by atoms with E-state index < -0.39 is 0 Å². The van der Waals surface area contributed by atoms with Crippen molar-refractivity contribution in [2.24, 2.45) is 0 Å². The van der Waals surface area contributed by atoms with Gasteiger partial charge in [-0.15, -0.1) is 10.2 Å². The number of nitrogens with one attached hydrogen (secondary N) is 1. The Kier molecular flexibility index (Phi) is 5.97. The van der Waals surface area contributed by atoms with Gasteiger partial charge in [-0.25, -0.2) is 0 Å². The lowest BCUT2D eigenvalue weighted by atomic mass is 9.97. The van der Waals surface area contributed by atoms with Crippen LogP contribution in [0.2, 0.25) is 0 Å². The van der Waals surface area contributed by atoms with Crippen LogP contribution in [0.4, 0.5) is 5.69 Å². The molecule has 0 saturated carbocycles. The molecule has 0 fully saturated rings. The molecule has 0 aliphatic heterocycles. The van der Waals surface area contributed by atoms with E-state index in [9.17, 15) is 4.79 Å². The van der Waals surface area contributed by atoms with Crippen LogP contribution in [0.5, 0.6) is 0 Å². The summed E-state index contributed by atoms with van der Waals surface area (Å²) in [5.74, 6) is 0.416. The Balaban J connectivity index is 2.05. The van der Waals surface area contributed by atoms with Crippen molar-refractivity contribution in [3.8, 4) is 0 Å². The molecule has 0 unspecified atom stereocenters. The largest absolute Gasteiger partial charge is 0.325 e. The van der Waals surface area contributed by atoms with Crippen LogP contribution in [0, 0.1) is 6.92 Å². The topological polar surface area (TPSA) is 54.9 Å². The molecule has 0 radical (unpaired) electrons. The summed E-state index contributed by atoms with van der Waals surface area (Å²) in [5, 5.41) is 11.8. The fourth-order valence-electron chi connectivity index (χ4n) is 2.03. The highest BCUT2D eigenvalue weighted by molar-refractivity contribution is 8.02. The maximum Gasteiger partial charge on any atom is 0.237 e. The van der Waals surface area contributed by atoms with Gasteiger partial charge in [-0.05, 0) is 37.8 Å². The first-order valence-corrected chi connectivity index (χ1v) is 9.07. The molecule has 0 spiro atoms. The van der Waals surface area contributed by atoms with E-state index in [1.807, 2.05) is 32.0 Å². The second kappa shape index (κ2) is 7.74. The molecule has 4 nitrogen and oxygen atoms in total. The van der Waals surface area contributed by atoms with Gasteiger partial charge in [0.15, 0.2) is 4.34 Å². The molecule has 0 saturated heterocycles. The van der Waals surface area contributed by atoms with Crippen molar-refractivity contribution in [1.29, 1.82) is 0 Å². The average Bonchev–Trinajstić information content (AvgIpc) is 2.92. The van der Waals surface area contributed by atoms with Crippen LogP contribution >= 0.6 is 23.1 Å². The van der Waals surface area contributed by atoms with Gasteiger partial charge in [0.1, 0.15) is 5.01 Å². The van der Waals surface area contributed by atoms with Crippen LogP contribution in [0.25, 0.3) is 0 Å². The minimum atomic E-state index is -0.211. The van der Waals surface area contributed by atoms with E-state index >= 15 is 0 Å². The van der Waals surface area contributed by atoms with Crippen molar-refractivity contribution >= 4 is 34.7 Å². The SMILES string of the molecule is CC[C@H](C)c1ccccc1NC(=O)[C@@H](C)Sc1nnc(C)s1. The van der Waals surface area contributed by atoms with E-state index in [2.05, 4.69) is 35.4 Å². The van der Waals surface area contributed by atoms with Gasteiger partial charge in [0, 0.05) is 5.69 Å². The molecule has 1 N–H and O–H groups in total. The number of amides is 1. The number of thioether (sulfide) groups is 1. The highest BCUT2D eigenvalue weighted by Crippen LogP contribution is 2.29. The Morgan fingerprint density at radius 2 is 2.05 bits per heavy atom. The van der Waals surface area contributed by atoms with Gasteiger partial charge >= 0.3 is 0 Å². The van der Waals surface area contributed by atoms with Gasteiger partial charge in [-0.2, -0.15) is 0 Å². The molecule has 1 aromatic heterocycles. The van der Waals surface area contributed by atoms with E-state index in [0.717, 1.165) is 21.5 Å². The minimum absolute atomic E-state index is 0.00592. The van der Waals surface area contributed by atoms with E-state index in [1.54, 1.807) is 0 Å². The number of benzene rings is 1. The van der Waals surface area contributed by atoms with E-state index in [-0.39, 0.29) is 11.2 Å². The molecular weight excluding hydrogens is 314 g/mol. The molecule has 1 amide bonds. The fourth-order valence-corrected chi connectivity index (χ4v) is 3.99. The Morgan fingerprint density at radius 1 is 1.32 bits per heavy atom. The number of aryl methyl sites for hydroxylation is 1. The summed E-state index contributed by atoms with van der Waals surface area (Å²) in [4.78, 5) is 12.4. The molecular formula is C16H21N3OS2. The quantitative estimate of drug-likeness (QED) is 0.791. The highest BCUT2D eigenvalue weighted by Gasteiger charge is 2.18. The smallest absolute Gasteiger partial charge is 0.237 e. The van der Waals surface area contributed by atoms with Crippen LogP contribution in [-0.2, 0) is 4.79 Å². The van der Waals surface area contributed by atoms with Crippen molar-refractivity contribution in [3.63, 3.8) is 0 Å². The average molecular weight is 335 g/mol. The summed E-state index contributed by atoms with van der Waals surface area (Å²) in [7, 11) is 0. The van der Waals surface area contributed by atoms with Crippen molar-refractivity contribution in [3.05, 3.63) is 34.8 Å². The van der Waals surface area contributed by atoms with Crippen molar-refractivity contribution < 1.29 is 4.79 Å². The number of rotatable bonds is 6. The van der Waals surface area contributed by atoms with Crippen LogP contribution in [0.1, 0.15) is 43.7 Å². The van der Waals surface area contributed by atoms with Gasteiger partial charge in [0.2, 0.25) is 5.91 Å². The zero-order valence-corrected chi connectivity index (χ0v) is 14.9. The zero-order chi connectivity index (χ0) is 16.1. The molecule has 118 valence electrons. The number of carbonyl (C=O) groups is 1. The fraction of sp³-hybridized carbons (Fsp3) is 0.438. The Morgan fingerprint density at radius 3 is 2.68 bits per heavy atom. The number of hydrogen-bond donors (Lipinski definition) is 1. The maximum atomic E-state index is 12.4. The lowest BCUT2D eigenvalue weighted by Gasteiger charge is -2.17. The number of hydrogen-bond acceptors (Lipinski definition) is 5. The van der Waals surface area contributed by atoms with Gasteiger partial charge in [0.05, 0.1) is 5.25 Å². The van der Waals surface area contributed by atoms with Crippen LogP contribution in [0.3, 0.4) is 0 Å². The van der Waals surface area contributed by atoms with E-state index in [0.29, 0.717) is 5.92 Å². The van der Waals surface area contributed by atoms with E-state index in [4.69, 9.17) is 0 Å². The molecule has 22 heavy (non-hydrogen) atoms. The van der Waals surface area contributed by atoms with Gasteiger partial charge in [0.25, 0.3) is 0 Å². The number of carbonyl (C=O) groups excluding carboxylic acids is 1. The zero-order valence-electron chi connectivity index (χ0n) is 13.3. The maximum absolute atomic E-state index is 12.4. The van der Waals surface area contributed by atoms with Crippen LogP contribution < -0.4 is 5.32 Å². The highest BCUT2D eigenvalue weighted by atomic mass is 32.2. The third kappa shape index (κ3) is 4.30. The minimum Gasteiger partial charge on any atom is -0.325 e. The van der Waals surface area contributed by atoms with Crippen LogP contribution in [0.15, 0.2) is 28.6 Å². The first-order valence-electron chi connectivity index (χ1n) is 7.37. The van der Waals surface area contributed by atoms with Gasteiger partial charge in [-0.3, -0.25) is 4.79 Å². The first kappa shape index (κ1) is 17.0. The summed E-state index contributed by atoms with van der Waals surface area (Å²) in [6.45, 7) is 8.13. The van der Waals surface area contributed by atoms with Gasteiger partial charge in [-0.1, -0.05) is 55.1 Å². The molecule has 0 bridgehead atoms. The van der Waals surface area contributed by atoms with Gasteiger partial charge < -0.3 is 5.32 Å². The number of para-hydroxylation sites is 1. The monoisotopic (exact) mass is 335 g/mol. The Bertz CT molecular complexity index is 642. The molecule has 2 rings (SSSR count). The predicted octanol–water partition coefficient (Wildman–Crippen LogP) is 4.48. The van der Waals surface area contributed by atoms with E-state index in [1.165, 1.54) is 28.7 Å². The molecule has 6 heteroatoms. The van der Waals surface area contributed by atoms with Crippen molar-refractivity contribution in [1.82, 2.24) is 10.2 Å². The third-order valence-corrected chi connectivity index (χ3v) is 5.54. The molecule has 1 aromatic carbocycles. The number of aromatic nitrogens is 2. The second-order valence-corrected chi connectivity index (χ2v) is 8.00. The predicted molar refractivity (Wildman–Crippen MR) is 93.7 cm³/mol. The lowest BCUT2D eigenvalue weighted by Crippen LogP contribution is -2.23. The molecule has 2 aromatic rings. The first-order chi connectivity index (χ1) is 10.5. The standard InChI is InChI=1S/C16H21N3OS2/c1-5-10(2)13-8-6-7-9-14(13)17-15(20)11(3)21-16-19-18-12(4)22-16/h6-11H,5H2,1-4H3,(H,17,20)/t10-,11+/m0/s1. The molecule has 2 atom stereocenters. The summed E-state index contributed by atoms with van der Waals surface area (Å²) < 4.78 is 0.829. The van der Waals surface area contributed by atoms with Crippen molar-refractivity contribution in [2.75, 3.05) is 5.32 Å². The number of anilines is 1. The molecule has 0 aliphatic carbocycles. The second-order valence-electron chi connectivity index (χ2n) is 5.23. The summed E-state index contributed by atoms with van der Waals surface area (Å²) >= 11 is 2.96. The normalized spacial score (nSPS) is 13.6. The Labute approximate surface area is 139 Å². The Hall–Kier alpha value is -1.40. The third-order valence-electron chi connectivity index (χ3n) is 3.52. The summed E-state index contributed by atoms with van der Waals surface area (Å²) in [5.41, 5.74) is 2.09. The number of nitrogens with zero attached hydrogens (tertiary/aromatic N) is 2. The van der Waals surface area contributed by atoms with Crippen molar-refractivity contribution in [2.45, 2.75) is 49.6 Å². The molecule has 1 heterocycles. The van der Waals surface area contributed by atoms with Crippen LogP contribution in [-0.4, -0.2) is 21.4 Å². The summed E-state index contributed by atoms with van der Waals surface area (Å²) in [6.07, 6.45) is 1.04. The lowest BCUT2D eigenvalue weighted by molar-refractivity contribution is -0.115.